The van der Waals surface area contributed by atoms with Gasteiger partial charge in [0.2, 0.25) is 0 Å². The van der Waals surface area contributed by atoms with Gasteiger partial charge in [-0.3, -0.25) is 9.59 Å². The highest BCUT2D eigenvalue weighted by Gasteiger charge is 2.24. The van der Waals surface area contributed by atoms with E-state index in [1.807, 2.05) is 35.7 Å². The second-order valence-electron chi connectivity index (χ2n) is 7.53. The van der Waals surface area contributed by atoms with Crippen molar-refractivity contribution in [3.8, 4) is 22.1 Å². The summed E-state index contributed by atoms with van der Waals surface area (Å²) in [7, 11) is 3.18. The van der Waals surface area contributed by atoms with Crippen molar-refractivity contribution in [2.45, 2.75) is 19.4 Å². The van der Waals surface area contributed by atoms with E-state index in [2.05, 4.69) is 4.98 Å². The third kappa shape index (κ3) is 5.46. The van der Waals surface area contributed by atoms with Crippen molar-refractivity contribution in [2.75, 3.05) is 27.4 Å². The average molecular weight is 487 g/mol. The Morgan fingerprint density at radius 1 is 1.12 bits per heavy atom. The Balaban J connectivity index is 1.31. The first-order valence-corrected chi connectivity index (χ1v) is 11.6. The van der Waals surface area contributed by atoms with E-state index in [4.69, 9.17) is 25.8 Å². The lowest BCUT2D eigenvalue weighted by molar-refractivity contribution is -0.151. The molecule has 7 nitrogen and oxygen atoms in total. The summed E-state index contributed by atoms with van der Waals surface area (Å²) in [4.78, 5) is 31.1. The highest BCUT2D eigenvalue weighted by atomic mass is 35.5. The number of carbonyl (C=O) groups excluding carboxylic acids is 2. The number of hydrogen-bond donors (Lipinski definition) is 0. The van der Waals surface area contributed by atoms with Gasteiger partial charge in [-0.05, 0) is 41.8 Å². The molecule has 0 unspecified atom stereocenters. The zero-order valence-corrected chi connectivity index (χ0v) is 19.9. The number of rotatable bonds is 7. The fraction of sp³-hybridized carbons (Fsp3) is 0.292. The van der Waals surface area contributed by atoms with E-state index >= 15 is 0 Å². The second kappa shape index (κ2) is 10.2. The minimum absolute atomic E-state index is 0.00414. The summed E-state index contributed by atoms with van der Waals surface area (Å²) in [5.74, 6) is 0.569. The van der Waals surface area contributed by atoms with Crippen LogP contribution in [0.15, 0.2) is 41.8 Å². The van der Waals surface area contributed by atoms with Crippen LogP contribution >= 0.6 is 22.9 Å². The standard InChI is InChI=1S/C24H23ClN2O5S/c1-30-20-9-15-6-7-27(12-17(15)10-21(20)31-2)22(28)13-32-23(29)11-19-14-33-24(26-19)16-4-3-5-18(25)8-16/h3-5,8-10,14H,6-7,11-13H2,1-2H3. The number of fused-ring (bicyclic) bond motifs is 1. The Morgan fingerprint density at radius 3 is 2.61 bits per heavy atom. The second-order valence-corrected chi connectivity index (χ2v) is 8.83. The predicted octanol–water partition coefficient (Wildman–Crippen LogP) is 4.15. The van der Waals surface area contributed by atoms with E-state index in [1.54, 1.807) is 25.2 Å². The quantitative estimate of drug-likeness (QED) is 0.467. The minimum Gasteiger partial charge on any atom is -0.493 e. The zero-order chi connectivity index (χ0) is 23.4. The van der Waals surface area contributed by atoms with Crippen molar-refractivity contribution in [1.29, 1.82) is 0 Å². The van der Waals surface area contributed by atoms with Gasteiger partial charge < -0.3 is 19.1 Å². The third-order valence-corrected chi connectivity index (χ3v) is 6.55. The van der Waals surface area contributed by atoms with Gasteiger partial charge in [-0.2, -0.15) is 0 Å². The minimum atomic E-state index is -0.491. The SMILES string of the molecule is COc1cc2c(cc1OC)CN(C(=O)COC(=O)Cc1csc(-c3cccc(Cl)c3)n1)CC2. The summed E-state index contributed by atoms with van der Waals surface area (Å²) < 4.78 is 15.9. The van der Waals surface area contributed by atoms with Gasteiger partial charge in [0.25, 0.3) is 5.91 Å². The van der Waals surface area contributed by atoms with Crippen LogP contribution in [-0.4, -0.2) is 49.1 Å². The lowest BCUT2D eigenvalue weighted by Crippen LogP contribution is -2.38. The number of hydrogen-bond acceptors (Lipinski definition) is 7. The fourth-order valence-electron chi connectivity index (χ4n) is 3.67. The Hall–Kier alpha value is -3.10. The maximum atomic E-state index is 12.6. The van der Waals surface area contributed by atoms with Crippen molar-refractivity contribution < 1.29 is 23.8 Å². The molecule has 3 aromatic rings. The van der Waals surface area contributed by atoms with Crippen molar-refractivity contribution in [1.82, 2.24) is 9.88 Å². The Labute approximate surface area is 200 Å². The molecule has 0 atom stereocenters. The van der Waals surface area contributed by atoms with Gasteiger partial charge in [0.05, 0.1) is 26.3 Å². The summed E-state index contributed by atoms with van der Waals surface area (Å²) in [5, 5.41) is 3.21. The molecule has 0 bridgehead atoms. The van der Waals surface area contributed by atoms with Crippen LogP contribution in [0.1, 0.15) is 16.8 Å². The van der Waals surface area contributed by atoms with Crippen LogP contribution in [0.3, 0.4) is 0 Å². The molecule has 4 rings (SSSR count). The van der Waals surface area contributed by atoms with Crippen LogP contribution in [0.5, 0.6) is 11.5 Å². The maximum Gasteiger partial charge on any atom is 0.312 e. The molecule has 1 aliphatic rings. The molecule has 0 fully saturated rings. The zero-order valence-electron chi connectivity index (χ0n) is 18.3. The largest absolute Gasteiger partial charge is 0.493 e. The lowest BCUT2D eigenvalue weighted by atomic mass is 9.99. The van der Waals surface area contributed by atoms with E-state index in [1.165, 1.54) is 11.3 Å². The Morgan fingerprint density at radius 2 is 1.88 bits per heavy atom. The topological polar surface area (TPSA) is 78.0 Å². The molecular formula is C24H23ClN2O5S. The highest BCUT2D eigenvalue weighted by Crippen LogP contribution is 2.33. The molecule has 0 aliphatic carbocycles. The van der Waals surface area contributed by atoms with Crippen molar-refractivity contribution in [3.05, 3.63) is 63.6 Å². The molecule has 0 radical (unpaired) electrons. The maximum absolute atomic E-state index is 12.6. The summed E-state index contributed by atoms with van der Waals surface area (Å²) >= 11 is 7.46. The number of benzene rings is 2. The molecule has 2 heterocycles. The van der Waals surface area contributed by atoms with E-state index in [0.717, 1.165) is 21.7 Å². The number of halogens is 1. The Bertz CT molecular complexity index is 1180. The first-order valence-electron chi connectivity index (χ1n) is 10.3. The first-order chi connectivity index (χ1) is 16.0. The number of thiazole rings is 1. The van der Waals surface area contributed by atoms with E-state index in [-0.39, 0.29) is 18.9 Å². The van der Waals surface area contributed by atoms with Crippen LogP contribution in [-0.2, 0) is 33.7 Å². The van der Waals surface area contributed by atoms with Gasteiger partial charge in [0, 0.05) is 29.1 Å². The summed E-state index contributed by atoms with van der Waals surface area (Å²) in [5.41, 5.74) is 3.60. The molecule has 172 valence electrons. The molecule has 2 aromatic carbocycles. The molecule has 0 saturated heterocycles. The molecule has 1 amide bonds. The summed E-state index contributed by atoms with van der Waals surface area (Å²) in [6, 6.07) is 11.2. The number of amides is 1. The molecule has 1 aliphatic heterocycles. The Kier molecular flexibility index (Phi) is 7.15. The summed E-state index contributed by atoms with van der Waals surface area (Å²) in [6.07, 6.45) is 0.699. The van der Waals surface area contributed by atoms with Crippen molar-refractivity contribution in [2.24, 2.45) is 0 Å². The number of esters is 1. The van der Waals surface area contributed by atoms with Crippen LogP contribution < -0.4 is 9.47 Å². The molecule has 9 heteroatoms. The number of ether oxygens (including phenoxy) is 3. The van der Waals surface area contributed by atoms with Crippen molar-refractivity contribution >= 4 is 34.8 Å². The number of carbonyl (C=O) groups is 2. The molecular weight excluding hydrogens is 464 g/mol. The molecule has 0 N–H and O–H groups in total. The first kappa shape index (κ1) is 23.1. The summed E-state index contributed by atoms with van der Waals surface area (Å²) in [6.45, 7) is 0.682. The van der Waals surface area contributed by atoms with Gasteiger partial charge in [-0.1, -0.05) is 23.7 Å². The number of nitrogens with zero attached hydrogens (tertiary/aromatic N) is 2. The van der Waals surface area contributed by atoms with Gasteiger partial charge in [0.15, 0.2) is 18.1 Å². The highest BCUT2D eigenvalue weighted by molar-refractivity contribution is 7.13. The molecule has 0 spiro atoms. The van der Waals surface area contributed by atoms with Gasteiger partial charge in [-0.15, -0.1) is 11.3 Å². The van der Waals surface area contributed by atoms with Gasteiger partial charge >= 0.3 is 5.97 Å². The van der Waals surface area contributed by atoms with Crippen LogP contribution in [0.2, 0.25) is 5.02 Å². The predicted molar refractivity (Wildman–Crippen MR) is 126 cm³/mol. The lowest BCUT2D eigenvalue weighted by Gasteiger charge is -2.29. The average Bonchev–Trinajstić information content (AvgIpc) is 3.29. The normalized spacial score (nSPS) is 12.8. The number of aromatic nitrogens is 1. The van der Waals surface area contributed by atoms with E-state index in [0.29, 0.717) is 41.7 Å². The van der Waals surface area contributed by atoms with Gasteiger partial charge in [0.1, 0.15) is 5.01 Å². The molecule has 1 aromatic heterocycles. The van der Waals surface area contributed by atoms with Crippen molar-refractivity contribution in [3.63, 3.8) is 0 Å². The molecule has 0 saturated carbocycles. The number of methoxy groups -OCH3 is 2. The van der Waals surface area contributed by atoms with E-state index in [9.17, 15) is 9.59 Å². The van der Waals surface area contributed by atoms with Crippen LogP contribution in [0.4, 0.5) is 0 Å². The van der Waals surface area contributed by atoms with Crippen LogP contribution in [0, 0.1) is 0 Å². The monoisotopic (exact) mass is 486 g/mol. The van der Waals surface area contributed by atoms with E-state index < -0.39 is 5.97 Å². The fourth-order valence-corrected chi connectivity index (χ4v) is 4.68. The third-order valence-electron chi connectivity index (χ3n) is 5.38. The van der Waals surface area contributed by atoms with Gasteiger partial charge in [-0.25, -0.2) is 4.98 Å². The van der Waals surface area contributed by atoms with Crippen LogP contribution in [0.25, 0.3) is 10.6 Å². The molecule has 33 heavy (non-hydrogen) atoms. The smallest absolute Gasteiger partial charge is 0.312 e.